The molecule has 7 nitrogen and oxygen atoms in total. The number of nitrogens with zero attached hydrogens (tertiary/aromatic N) is 3. The lowest BCUT2D eigenvalue weighted by atomic mass is 9.73. The van der Waals surface area contributed by atoms with Crippen LogP contribution in [-0.4, -0.2) is 38.0 Å². The zero-order chi connectivity index (χ0) is 20.8. The molecule has 4 rings (SSSR count). The number of anilines is 1. The monoisotopic (exact) mass is 414 g/mol. The standard InChI is InChI=1S/C21H26N4O3S/c1-5-28-16-9-12(7-8-14(16)26)18-17-13(10-21(3,4)11-15(17)27)22-19-23-20(29-6-2)24-25(18)19/h7-9,18,26H,5-6,10-11H2,1-4H3,(H,22,23,24)/t18-/m1/s1. The van der Waals surface area contributed by atoms with E-state index in [2.05, 4.69) is 36.2 Å². The molecule has 0 bridgehead atoms. The predicted molar refractivity (Wildman–Crippen MR) is 113 cm³/mol. The van der Waals surface area contributed by atoms with Crippen molar-refractivity contribution in [3.05, 3.63) is 35.0 Å². The van der Waals surface area contributed by atoms with Crippen LogP contribution in [0.1, 0.15) is 52.1 Å². The first-order valence-corrected chi connectivity index (χ1v) is 10.9. The number of aromatic nitrogens is 3. The van der Waals surface area contributed by atoms with Gasteiger partial charge in [0.1, 0.15) is 6.04 Å². The second kappa shape index (κ2) is 7.40. The third-order valence-electron chi connectivity index (χ3n) is 5.19. The van der Waals surface area contributed by atoms with Crippen LogP contribution < -0.4 is 10.1 Å². The van der Waals surface area contributed by atoms with E-state index in [0.717, 1.165) is 29.0 Å². The molecule has 0 unspecified atom stereocenters. The average molecular weight is 415 g/mol. The molecule has 1 aromatic carbocycles. The lowest BCUT2D eigenvalue weighted by Crippen LogP contribution is -2.36. The highest BCUT2D eigenvalue weighted by Crippen LogP contribution is 2.46. The molecule has 154 valence electrons. The summed E-state index contributed by atoms with van der Waals surface area (Å²) in [6, 6.07) is 4.83. The van der Waals surface area contributed by atoms with Crippen LogP contribution >= 0.6 is 11.8 Å². The van der Waals surface area contributed by atoms with Gasteiger partial charge in [0.05, 0.1) is 6.61 Å². The van der Waals surface area contributed by atoms with E-state index >= 15 is 0 Å². The number of allylic oxidation sites excluding steroid dienone is 2. The van der Waals surface area contributed by atoms with E-state index in [1.54, 1.807) is 28.6 Å². The number of thioether (sulfide) groups is 1. The van der Waals surface area contributed by atoms with Crippen molar-refractivity contribution in [2.24, 2.45) is 5.41 Å². The molecular weight excluding hydrogens is 388 g/mol. The highest BCUT2D eigenvalue weighted by atomic mass is 32.2. The minimum Gasteiger partial charge on any atom is -0.504 e. The summed E-state index contributed by atoms with van der Waals surface area (Å²) in [5.74, 6) is 2.10. The van der Waals surface area contributed by atoms with Gasteiger partial charge < -0.3 is 15.2 Å². The Morgan fingerprint density at radius 1 is 1.34 bits per heavy atom. The second-order valence-corrected chi connectivity index (χ2v) is 9.35. The molecule has 0 fully saturated rings. The predicted octanol–water partition coefficient (Wildman–Crippen LogP) is 4.15. The molecular formula is C21H26N4O3S. The van der Waals surface area contributed by atoms with Gasteiger partial charge in [-0.15, -0.1) is 5.10 Å². The Kier molecular flexibility index (Phi) is 5.06. The fourth-order valence-corrected chi connectivity index (χ4v) is 4.61. The van der Waals surface area contributed by atoms with Crippen LogP contribution in [0.5, 0.6) is 11.5 Å². The number of aromatic hydroxyl groups is 1. The summed E-state index contributed by atoms with van der Waals surface area (Å²) in [5.41, 5.74) is 2.37. The van der Waals surface area contributed by atoms with Crippen molar-refractivity contribution < 1.29 is 14.6 Å². The van der Waals surface area contributed by atoms with Crippen molar-refractivity contribution in [1.29, 1.82) is 0 Å². The maximum Gasteiger partial charge on any atom is 0.227 e. The van der Waals surface area contributed by atoms with E-state index in [1.807, 2.05) is 13.0 Å². The first-order valence-electron chi connectivity index (χ1n) is 9.91. The van der Waals surface area contributed by atoms with Crippen LogP contribution in [0.25, 0.3) is 0 Å². The number of carbonyl (C=O) groups is 1. The van der Waals surface area contributed by atoms with Gasteiger partial charge in [-0.05, 0) is 42.2 Å². The fourth-order valence-electron chi connectivity index (χ4n) is 4.06. The average Bonchev–Trinajstić information content (AvgIpc) is 3.03. The van der Waals surface area contributed by atoms with Crippen molar-refractivity contribution in [1.82, 2.24) is 14.8 Å². The van der Waals surface area contributed by atoms with E-state index in [9.17, 15) is 9.90 Å². The summed E-state index contributed by atoms with van der Waals surface area (Å²) in [4.78, 5) is 17.8. The van der Waals surface area contributed by atoms with Gasteiger partial charge in [0.2, 0.25) is 11.1 Å². The molecule has 1 aliphatic carbocycles. The number of ketones is 1. The first-order chi connectivity index (χ1) is 13.8. The Morgan fingerprint density at radius 3 is 2.86 bits per heavy atom. The van der Waals surface area contributed by atoms with Gasteiger partial charge in [-0.2, -0.15) is 4.98 Å². The van der Waals surface area contributed by atoms with E-state index in [4.69, 9.17) is 4.74 Å². The molecule has 0 saturated heterocycles. The van der Waals surface area contributed by atoms with Gasteiger partial charge >= 0.3 is 0 Å². The summed E-state index contributed by atoms with van der Waals surface area (Å²) < 4.78 is 7.37. The molecule has 1 atom stereocenters. The largest absolute Gasteiger partial charge is 0.504 e. The number of ether oxygens (including phenoxy) is 1. The van der Waals surface area contributed by atoms with Crippen molar-refractivity contribution in [2.75, 3.05) is 17.7 Å². The third-order valence-corrected chi connectivity index (χ3v) is 5.91. The minimum absolute atomic E-state index is 0.0795. The first kappa shape index (κ1) is 19.8. The molecule has 0 saturated carbocycles. The summed E-state index contributed by atoms with van der Waals surface area (Å²) >= 11 is 1.56. The molecule has 29 heavy (non-hydrogen) atoms. The molecule has 1 aliphatic heterocycles. The van der Waals surface area contributed by atoms with Gasteiger partial charge in [-0.3, -0.25) is 4.79 Å². The molecule has 0 radical (unpaired) electrons. The summed E-state index contributed by atoms with van der Waals surface area (Å²) in [6.45, 7) is 8.58. The maximum absolute atomic E-state index is 13.2. The molecule has 0 spiro atoms. The number of phenols is 1. The lowest BCUT2D eigenvalue weighted by Gasteiger charge is -2.38. The Labute approximate surface area is 174 Å². The molecule has 2 N–H and O–H groups in total. The SMILES string of the molecule is CCOc1cc([C@@H]2C3=C(CC(C)(C)CC3=O)Nc3nc(SCC)nn32)ccc1O. The Hall–Kier alpha value is -2.48. The topological polar surface area (TPSA) is 89.3 Å². The zero-order valence-electron chi connectivity index (χ0n) is 17.2. The number of hydrogen-bond donors (Lipinski definition) is 2. The molecule has 2 aliphatic rings. The summed E-state index contributed by atoms with van der Waals surface area (Å²) in [7, 11) is 0. The van der Waals surface area contributed by atoms with E-state index in [1.165, 1.54) is 0 Å². The van der Waals surface area contributed by atoms with E-state index in [0.29, 0.717) is 29.9 Å². The van der Waals surface area contributed by atoms with Gasteiger partial charge in [-0.1, -0.05) is 38.6 Å². The molecule has 1 aromatic heterocycles. The van der Waals surface area contributed by atoms with Crippen molar-refractivity contribution in [3.63, 3.8) is 0 Å². The number of nitrogens with one attached hydrogen (secondary N) is 1. The van der Waals surface area contributed by atoms with E-state index in [-0.39, 0.29) is 16.9 Å². The zero-order valence-corrected chi connectivity index (χ0v) is 18.0. The number of carbonyl (C=O) groups excluding carboxylic acids is 1. The van der Waals surface area contributed by atoms with Gasteiger partial charge in [-0.25, -0.2) is 4.68 Å². The van der Waals surface area contributed by atoms with Gasteiger partial charge in [0, 0.05) is 17.7 Å². The van der Waals surface area contributed by atoms with Gasteiger partial charge in [0.25, 0.3) is 0 Å². The van der Waals surface area contributed by atoms with Crippen LogP contribution in [0.15, 0.2) is 34.6 Å². The van der Waals surface area contributed by atoms with Crippen molar-refractivity contribution >= 4 is 23.5 Å². The Bertz CT molecular complexity index is 996. The smallest absolute Gasteiger partial charge is 0.227 e. The van der Waals surface area contributed by atoms with Crippen LogP contribution in [0.3, 0.4) is 0 Å². The molecule has 0 amide bonds. The number of hydrogen-bond acceptors (Lipinski definition) is 7. The van der Waals surface area contributed by atoms with E-state index < -0.39 is 6.04 Å². The van der Waals surface area contributed by atoms with Crippen LogP contribution in [0.2, 0.25) is 0 Å². The molecule has 8 heteroatoms. The summed E-state index contributed by atoms with van der Waals surface area (Å²) in [5, 5.41) is 18.9. The number of fused-ring (bicyclic) bond motifs is 1. The number of phenolic OH excluding ortho intramolecular Hbond substituents is 1. The van der Waals surface area contributed by atoms with Gasteiger partial charge in [0.15, 0.2) is 17.3 Å². The number of rotatable bonds is 5. The normalized spacial score (nSPS) is 20.1. The van der Waals surface area contributed by atoms with Crippen molar-refractivity contribution in [2.45, 2.75) is 51.7 Å². The second-order valence-electron chi connectivity index (χ2n) is 8.12. The van der Waals surface area contributed by atoms with Crippen LogP contribution in [0, 0.1) is 5.41 Å². The number of benzene rings is 1. The lowest BCUT2D eigenvalue weighted by molar-refractivity contribution is -0.118. The fraction of sp³-hybridized carbons (Fsp3) is 0.476. The molecule has 2 heterocycles. The van der Waals surface area contributed by atoms with Crippen LogP contribution in [0.4, 0.5) is 5.95 Å². The Morgan fingerprint density at radius 2 is 2.14 bits per heavy atom. The quantitative estimate of drug-likeness (QED) is 0.710. The summed E-state index contributed by atoms with van der Waals surface area (Å²) in [6.07, 6.45) is 1.26. The van der Waals surface area contributed by atoms with Crippen LogP contribution in [-0.2, 0) is 4.79 Å². The minimum atomic E-state index is -0.400. The maximum atomic E-state index is 13.2. The highest BCUT2D eigenvalue weighted by molar-refractivity contribution is 7.99. The Balaban J connectivity index is 1.88. The third kappa shape index (κ3) is 3.61. The molecule has 2 aromatic rings. The highest BCUT2D eigenvalue weighted by Gasteiger charge is 2.42. The number of Topliss-reactive ketones (excluding diaryl/α,β-unsaturated/α-hetero) is 1. The van der Waals surface area contributed by atoms with Crippen molar-refractivity contribution in [3.8, 4) is 11.5 Å².